The fourth-order valence-corrected chi connectivity index (χ4v) is 1.97. The summed E-state index contributed by atoms with van der Waals surface area (Å²) in [4.78, 5) is 14.5. The summed E-state index contributed by atoms with van der Waals surface area (Å²) in [6.07, 6.45) is 1.46. The monoisotopic (exact) mass is 274 g/mol. The summed E-state index contributed by atoms with van der Waals surface area (Å²) in [6.45, 7) is 3.99. The quantitative estimate of drug-likeness (QED) is 0.899. The number of hydrogen-bond acceptors (Lipinski definition) is 3. The molecule has 0 saturated heterocycles. The number of aromatic carboxylic acids is 1. The van der Waals surface area contributed by atoms with Crippen LogP contribution in [0.2, 0.25) is 0 Å². The molecule has 0 atom stereocenters. The summed E-state index contributed by atoms with van der Waals surface area (Å²) in [5.41, 5.74) is 2.91. The van der Waals surface area contributed by atoms with Gasteiger partial charge < -0.3 is 10.4 Å². The van der Waals surface area contributed by atoms with Crippen molar-refractivity contribution in [3.8, 4) is 0 Å². The average molecular weight is 274 g/mol. The minimum atomic E-state index is -1.05. The van der Waals surface area contributed by atoms with Crippen LogP contribution >= 0.6 is 0 Å². The van der Waals surface area contributed by atoms with E-state index in [-0.39, 0.29) is 11.5 Å². The standard InChI is InChI=1S/C15H15FN2O2/c1-9-5-11(6-10(2)14(9)16)7-17-12-3-4-13(15(19)20)18-8-12/h3-6,8,17H,7H2,1-2H3,(H,19,20). The molecule has 5 heteroatoms. The van der Waals surface area contributed by atoms with Crippen molar-refractivity contribution in [1.29, 1.82) is 0 Å². The molecule has 0 aliphatic rings. The van der Waals surface area contributed by atoms with Crippen LogP contribution in [-0.4, -0.2) is 16.1 Å². The summed E-state index contributed by atoms with van der Waals surface area (Å²) in [5, 5.41) is 11.9. The van der Waals surface area contributed by atoms with E-state index < -0.39 is 5.97 Å². The molecular formula is C15H15FN2O2. The summed E-state index contributed by atoms with van der Waals surface area (Å²) in [6, 6.07) is 6.66. The Morgan fingerprint density at radius 3 is 2.45 bits per heavy atom. The highest BCUT2D eigenvalue weighted by Gasteiger charge is 2.05. The van der Waals surface area contributed by atoms with Crippen molar-refractivity contribution in [1.82, 2.24) is 4.98 Å². The van der Waals surface area contributed by atoms with E-state index in [2.05, 4.69) is 10.3 Å². The third-order valence-corrected chi connectivity index (χ3v) is 2.98. The van der Waals surface area contributed by atoms with Gasteiger partial charge in [-0.1, -0.05) is 12.1 Å². The average Bonchev–Trinajstić information content (AvgIpc) is 2.42. The van der Waals surface area contributed by atoms with Gasteiger partial charge in [0.1, 0.15) is 11.5 Å². The minimum Gasteiger partial charge on any atom is -0.477 e. The topological polar surface area (TPSA) is 62.2 Å². The number of aryl methyl sites for hydroxylation is 2. The van der Waals surface area contributed by atoms with Crippen molar-refractivity contribution in [3.05, 3.63) is 58.7 Å². The molecule has 2 N–H and O–H groups in total. The highest BCUT2D eigenvalue weighted by Crippen LogP contribution is 2.16. The second-order valence-electron chi connectivity index (χ2n) is 4.63. The van der Waals surface area contributed by atoms with E-state index in [1.165, 1.54) is 12.3 Å². The zero-order valence-electron chi connectivity index (χ0n) is 11.3. The molecule has 20 heavy (non-hydrogen) atoms. The number of hydrogen-bond donors (Lipinski definition) is 2. The molecule has 0 radical (unpaired) electrons. The van der Waals surface area contributed by atoms with Crippen LogP contribution in [0.15, 0.2) is 30.5 Å². The van der Waals surface area contributed by atoms with Crippen LogP contribution < -0.4 is 5.32 Å². The van der Waals surface area contributed by atoms with Crippen LogP contribution in [0.3, 0.4) is 0 Å². The number of aromatic nitrogens is 1. The number of nitrogens with zero attached hydrogens (tertiary/aromatic N) is 1. The number of benzene rings is 1. The van der Waals surface area contributed by atoms with Crippen LogP contribution in [0.1, 0.15) is 27.2 Å². The lowest BCUT2D eigenvalue weighted by Gasteiger charge is -2.09. The summed E-state index contributed by atoms with van der Waals surface area (Å²) in [7, 11) is 0. The number of carboxylic acid groups (broad SMARTS) is 1. The van der Waals surface area contributed by atoms with Gasteiger partial charge in [0, 0.05) is 6.54 Å². The summed E-state index contributed by atoms with van der Waals surface area (Å²) in [5.74, 6) is -1.23. The van der Waals surface area contributed by atoms with Crippen molar-refractivity contribution >= 4 is 11.7 Å². The van der Waals surface area contributed by atoms with Crippen LogP contribution in [0, 0.1) is 19.7 Å². The molecule has 2 aromatic rings. The minimum absolute atomic E-state index is 0.00372. The second-order valence-corrected chi connectivity index (χ2v) is 4.63. The maximum atomic E-state index is 13.5. The van der Waals surface area contributed by atoms with Crippen molar-refractivity contribution in [3.63, 3.8) is 0 Å². The van der Waals surface area contributed by atoms with Gasteiger partial charge in [0.05, 0.1) is 11.9 Å². The molecule has 104 valence electrons. The Labute approximate surface area is 116 Å². The molecule has 1 aromatic heterocycles. The molecule has 0 bridgehead atoms. The van der Waals surface area contributed by atoms with Crippen molar-refractivity contribution < 1.29 is 14.3 Å². The number of anilines is 1. The number of carbonyl (C=O) groups is 1. The van der Waals surface area contributed by atoms with Crippen LogP contribution in [-0.2, 0) is 6.54 Å². The maximum absolute atomic E-state index is 13.5. The Bertz CT molecular complexity index is 616. The van der Waals surface area contributed by atoms with Crippen molar-refractivity contribution in [2.24, 2.45) is 0 Å². The molecule has 0 saturated carbocycles. The van der Waals surface area contributed by atoms with Gasteiger partial charge in [-0.3, -0.25) is 0 Å². The van der Waals surface area contributed by atoms with E-state index >= 15 is 0 Å². The Morgan fingerprint density at radius 2 is 1.95 bits per heavy atom. The highest BCUT2D eigenvalue weighted by atomic mass is 19.1. The van der Waals surface area contributed by atoms with Crippen molar-refractivity contribution in [2.75, 3.05) is 5.32 Å². The van der Waals surface area contributed by atoms with Gasteiger partial charge in [-0.15, -0.1) is 0 Å². The Kier molecular flexibility index (Phi) is 3.98. The normalized spacial score (nSPS) is 10.3. The SMILES string of the molecule is Cc1cc(CNc2ccc(C(=O)O)nc2)cc(C)c1F. The molecule has 1 heterocycles. The molecule has 0 aliphatic carbocycles. The van der Waals surface area contributed by atoms with Gasteiger partial charge in [0.2, 0.25) is 0 Å². The Hall–Kier alpha value is -2.43. The second kappa shape index (κ2) is 5.69. The number of nitrogens with one attached hydrogen (secondary N) is 1. The number of halogens is 1. The lowest BCUT2D eigenvalue weighted by Crippen LogP contribution is -2.04. The Balaban J connectivity index is 2.07. The fraction of sp³-hybridized carbons (Fsp3) is 0.200. The van der Waals surface area contributed by atoms with E-state index in [0.29, 0.717) is 17.7 Å². The smallest absolute Gasteiger partial charge is 0.354 e. The molecule has 1 aromatic carbocycles. The molecule has 0 unspecified atom stereocenters. The maximum Gasteiger partial charge on any atom is 0.354 e. The van der Waals surface area contributed by atoms with E-state index in [0.717, 1.165) is 11.3 Å². The summed E-state index contributed by atoms with van der Waals surface area (Å²) >= 11 is 0. The first-order valence-corrected chi connectivity index (χ1v) is 6.16. The van der Waals surface area contributed by atoms with Crippen LogP contribution in [0.5, 0.6) is 0 Å². The van der Waals surface area contributed by atoms with Crippen LogP contribution in [0.4, 0.5) is 10.1 Å². The Morgan fingerprint density at radius 1 is 1.30 bits per heavy atom. The van der Waals surface area contributed by atoms with Gasteiger partial charge in [-0.05, 0) is 42.7 Å². The molecule has 0 aliphatic heterocycles. The van der Waals surface area contributed by atoms with E-state index in [1.54, 1.807) is 32.0 Å². The van der Waals surface area contributed by atoms with Gasteiger partial charge in [0.15, 0.2) is 0 Å². The predicted octanol–water partition coefficient (Wildman–Crippen LogP) is 3.15. The zero-order valence-corrected chi connectivity index (χ0v) is 11.3. The van der Waals surface area contributed by atoms with Gasteiger partial charge >= 0.3 is 5.97 Å². The predicted molar refractivity (Wildman–Crippen MR) is 74.4 cm³/mol. The van der Waals surface area contributed by atoms with Gasteiger partial charge in [0.25, 0.3) is 0 Å². The van der Waals surface area contributed by atoms with E-state index in [1.807, 2.05) is 0 Å². The van der Waals surface area contributed by atoms with E-state index in [4.69, 9.17) is 5.11 Å². The zero-order chi connectivity index (χ0) is 14.7. The number of carboxylic acids is 1. The number of rotatable bonds is 4. The lowest BCUT2D eigenvalue weighted by atomic mass is 10.1. The first kappa shape index (κ1) is 14.0. The van der Waals surface area contributed by atoms with Crippen LogP contribution in [0.25, 0.3) is 0 Å². The molecule has 2 rings (SSSR count). The first-order chi connectivity index (χ1) is 9.47. The third-order valence-electron chi connectivity index (χ3n) is 2.98. The molecule has 4 nitrogen and oxygen atoms in total. The number of pyridine rings is 1. The summed E-state index contributed by atoms with van der Waals surface area (Å²) < 4.78 is 13.5. The molecule has 0 spiro atoms. The molecule has 0 amide bonds. The fourth-order valence-electron chi connectivity index (χ4n) is 1.97. The van der Waals surface area contributed by atoms with E-state index in [9.17, 15) is 9.18 Å². The van der Waals surface area contributed by atoms with Gasteiger partial charge in [-0.25, -0.2) is 14.2 Å². The van der Waals surface area contributed by atoms with Gasteiger partial charge in [-0.2, -0.15) is 0 Å². The largest absolute Gasteiger partial charge is 0.477 e. The highest BCUT2D eigenvalue weighted by molar-refractivity contribution is 5.85. The lowest BCUT2D eigenvalue weighted by molar-refractivity contribution is 0.0690. The third kappa shape index (κ3) is 3.12. The molecular weight excluding hydrogens is 259 g/mol. The molecule has 0 fully saturated rings. The van der Waals surface area contributed by atoms with Crippen molar-refractivity contribution in [2.45, 2.75) is 20.4 Å². The first-order valence-electron chi connectivity index (χ1n) is 6.16.